The van der Waals surface area contributed by atoms with Crippen molar-refractivity contribution in [3.8, 4) is 0 Å². The van der Waals surface area contributed by atoms with Gasteiger partial charge >= 0.3 is 0 Å². The van der Waals surface area contributed by atoms with Gasteiger partial charge in [-0.1, -0.05) is 22.9 Å². The average Bonchev–Trinajstić information content (AvgIpc) is 3.03. The molecule has 23 heavy (non-hydrogen) atoms. The predicted octanol–water partition coefficient (Wildman–Crippen LogP) is 2.30. The first-order valence-corrected chi connectivity index (χ1v) is 9.30. The quantitative estimate of drug-likeness (QED) is 0.650. The van der Waals surface area contributed by atoms with E-state index in [9.17, 15) is 13.2 Å². The minimum absolute atomic E-state index is 0.0752. The molecule has 3 aromatic rings. The zero-order valence-corrected chi connectivity index (χ0v) is 14.0. The van der Waals surface area contributed by atoms with E-state index in [1.807, 2.05) is 0 Å². The summed E-state index contributed by atoms with van der Waals surface area (Å²) in [5.41, 5.74) is 1.10. The molecular weight excluding hydrogens is 362 g/mol. The van der Waals surface area contributed by atoms with Crippen LogP contribution in [0.4, 0.5) is 10.3 Å². The van der Waals surface area contributed by atoms with Gasteiger partial charge in [-0.2, -0.15) is 0 Å². The summed E-state index contributed by atoms with van der Waals surface area (Å²) < 4.78 is 24.4. The third-order valence-corrected chi connectivity index (χ3v) is 4.43. The van der Waals surface area contributed by atoms with Crippen molar-refractivity contribution in [3.63, 3.8) is 0 Å². The number of nitrogens with one attached hydrogen (secondary N) is 3. The van der Waals surface area contributed by atoms with E-state index >= 15 is 0 Å². The Morgan fingerprint density at radius 1 is 1.26 bits per heavy atom. The lowest BCUT2D eigenvalue weighted by Gasteiger charge is -1.97. The van der Waals surface area contributed by atoms with Crippen molar-refractivity contribution in [3.05, 3.63) is 35.0 Å². The molecule has 2 aromatic heterocycles. The summed E-state index contributed by atoms with van der Waals surface area (Å²) in [5, 5.41) is 11.5. The van der Waals surface area contributed by atoms with Crippen LogP contribution in [0.2, 0.25) is 5.02 Å². The van der Waals surface area contributed by atoms with Crippen LogP contribution in [0.15, 0.2) is 24.3 Å². The summed E-state index contributed by atoms with van der Waals surface area (Å²) in [7, 11) is -3.44. The summed E-state index contributed by atoms with van der Waals surface area (Å²) in [6, 6.07) is 6.89. The third kappa shape index (κ3) is 3.78. The molecule has 0 aliphatic rings. The molecule has 0 saturated carbocycles. The second-order valence-corrected chi connectivity index (χ2v) is 7.82. The Bertz CT molecular complexity index is 995. The monoisotopic (exact) mass is 371 g/mol. The van der Waals surface area contributed by atoms with Crippen molar-refractivity contribution >= 4 is 60.0 Å². The zero-order chi connectivity index (χ0) is 16.6. The van der Waals surface area contributed by atoms with Crippen molar-refractivity contribution in [2.45, 2.75) is 0 Å². The largest absolute Gasteiger partial charge is 0.351 e. The first-order chi connectivity index (χ1) is 10.8. The number of anilines is 2. The van der Waals surface area contributed by atoms with Crippen molar-refractivity contribution in [1.82, 2.24) is 15.2 Å². The van der Waals surface area contributed by atoms with E-state index in [1.54, 1.807) is 24.3 Å². The van der Waals surface area contributed by atoms with Gasteiger partial charge in [0.2, 0.25) is 20.3 Å². The van der Waals surface area contributed by atoms with Gasteiger partial charge in [0.05, 0.1) is 6.26 Å². The van der Waals surface area contributed by atoms with Crippen LogP contribution in [0, 0.1) is 0 Å². The van der Waals surface area contributed by atoms with Gasteiger partial charge in [0.25, 0.3) is 5.91 Å². The molecule has 11 heteroatoms. The zero-order valence-electron chi connectivity index (χ0n) is 11.6. The Morgan fingerprint density at radius 3 is 2.74 bits per heavy atom. The Balaban J connectivity index is 1.78. The van der Waals surface area contributed by atoms with Crippen LogP contribution in [-0.4, -0.2) is 35.8 Å². The second kappa shape index (κ2) is 5.80. The number of aromatic amines is 1. The number of carbonyl (C=O) groups is 1. The normalized spacial score (nSPS) is 11.6. The van der Waals surface area contributed by atoms with Crippen LogP contribution in [0.5, 0.6) is 0 Å². The maximum Gasteiger partial charge on any atom is 0.273 e. The van der Waals surface area contributed by atoms with Crippen LogP contribution in [0.3, 0.4) is 0 Å². The molecule has 0 saturated heterocycles. The SMILES string of the molecule is CS(=O)(=O)Nc1nnc(NC(=O)c2cc3cc(Cl)ccc3[nH]2)s1. The molecule has 0 spiro atoms. The number of amides is 1. The molecule has 3 N–H and O–H groups in total. The Labute approximate surface area is 139 Å². The molecule has 0 atom stereocenters. The molecule has 0 radical (unpaired) electrons. The minimum Gasteiger partial charge on any atom is -0.351 e. The van der Waals surface area contributed by atoms with Gasteiger partial charge in [0, 0.05) is 15.9 Å². The van der Waals surface area contributed by atoms with E-state index in [0.717, 1.165) is 28.5 Å². The highest BCUT2D eigenvalue weighted by atomic mass is 35.5. The van der Waals surface area contributed by atoms with Gasteiger partial charge < -0.3 is 4.98 Å². The highest BCUT2D eigenvalue weighted by Gasteiger charge is 2.14. The number of hydrogen-bond donors (Lipinski definition) is 3. The van der Waals surface area contributed by atoms with E-state index in [-0.39, 0.29) is 10.3 Å². The highest BCUT2D eigenvalue weighted by molar-refractivity contribution is 7.92. The van der Waals surface area contributed by atoms with Gasteiger partial charge in [-0.3, -0.25) is 14.8 Å². The molecule has 0 aliphatic heterocycles. The average molecular weight is 372 g/mol. The van der Waals surface area contributed by atoms with Gasteiger partial charge in [0.1, 0.15) is 5.69 Å². The Morgan fingerprint density at radius 2 is 2.00 bits per heavy atom. The van der Waals surface area contributed by atoms with Gasteiger partial charge in [-0.25, -0.2) is 8.42 Å². The van der Waals surface area contributed by atoms with Crippen LogP contribution >= 0.6 is 22.9 Å². The number of rotatable bonds is 4. The maximum atomic E-state index is 12.2. The van der Waals surface area contributed by atoms with Crippen LogP contribution in [0.25, 0.3) is 10.9 Å². The fourth-order valence-corrected chi connectivity index (χ4v) is 3.51. The van der Waals surface area contributed by atoms with Gasteiger partial charge in [0.15, 0.2) is 0 Å². The lowest BCUT2D eigenvalue weighted by Crippen LogP contribution is -2.11. The van der Waals surface area contributed by atoms with Crippen molar-refractivity contribution in [2.24, 2.45) is 0 Å². The Hall–Kier alpha value is -2.17. The number of fused-ring (bicyclic) bond motifs is 1. The number of aromatic nitrogens is 3. The maximum absolute atomic E-state index is 12.2. The van der Waals surface area contributed by atoms with E-state index in [1.165, 1.54) is 0 Å². The number of halogens is 1. The first kappa shape index (κ1) is 15.7. The molecule has 0 fully saturated rings. The van der Waals surface area contributed by atoms with Gasteiger partial charge in [-0.15, -0.1) is 10.2 Å². The topological polar surface area (TPSA) is 117 Å². The van der Waals surface area contributed by atoms with E-state index in [4.69, 9.17) is 11.6 Å². The van der Waals surface area contributed by atoms with Gasteiger partial charge in [-0.05, 0) is 24.3 Å². The number of nitrogens with zero attached hydrogens (tertiary/aromatic N) is 2. The van der Waals surface area contributed by atoms with Crippen LogP contribution < -0.4 is 10.0 Å². The molecule has 120 valence electrons. The molecule has 0 unspecified atom stereocenters. The third-order valence-electron chi connectivity index (χ3n) is 2.75. The van der Waals surface area contributed by atoms with E-state index < -0.39 is 15.9 Å². The summed E-state index contributed by atoms with van der Waals surface area (Å²) in [6.07, 6.45) is 1.00. The molecular formula is C12H10ClN5O3S2. The fraction of sp³-hybridized carbons (Fsp3) is 0.0833. The number of carbonyl (C=O) groups excluding carboxylic acids is 1. The smallest absolute Gasteiger partial charge is 0.273 e. The lowest BCUT2D eigenvalue weighted by molar-refractivity contribution is 0.102. The van der Waals surface area contributed by atoms with E-state index in [2.05, 4.69) is 25.2 Å². The molecule has 0 bridgehead atoms. The Kier molecular flexibility index (Phi) is 3.96. The van der Waals surface area contributed by atoms with Crippen molar-refractivity contribution in [1.29, 1.82) is 0 Å². The predicted molar refractivity (Wildman–Crippen MR) is 89.6 cm³/mol. The van der Waals surface area contributed by atoms with Crippen molar-refractivity contribution in [2.75, 3.05) is 16.3 Å². The molecule has 0 aliphatic carbocycles. The van der Waals surface area contributed by atoms with Crippen molar-refractivity contribution < 1.29 is 13.2 Å². The standard InChI is InChI=1S/C12H10ClN5O3S2/c1-23(20,21)18-12-17-16-11(22-12)15-10(19)9-5-6-4-7(13)2-3-8(6)14-9/h2-5,14H,1H3,(H,17,18)(H,15,16,19). The van der Waals surface area contributed by atoms with Crippen LogP contribution in [0.1, 0.15) is 10.5 Å². The number of hydrogen-bond acceptors (Lipinski definition) is 6. The summed E-state index contributed by atoms with van der Waals surface area (Å²) in [6.45, 7) is 0. The van der Waals surface area contributed by atoms with E-state index in [0.29, 0.717) is 10.7 Å². The second-order valence-electron chi connectivity index (χ2n) is 4.66. The summed E-state index contributed by atoms with van der Waals surface area (Å²) >= 11 is 6.82. The first-order valence-electron chi connectivity index (χ1n) is 6.21. The number of benzene rings is 1. The molecule has 8 nitrogen and oxygen atoms in total. The highest BCUT2D eigenvalue weighted by Crippen LogP contribution is 2.23. The lowest BCUT2D eigenvalue weighted by atomic mass is 10.2. The molecule has 1 amide bonds. The number of H-pyrrole nitrogens is 1. The number of sulfonamides is 1. The summed E-state index contributed by atoms with van der Waals surface area (Å²) in [5.74, 6) is -0.417. The molecule has 3 rings (SSSR count). The minimum atomic E-state index is -3.44. The summed E-state index contributed by atoms with van der Waals surface area (Å²) in [4.78, 5) is 15.2. The molecule has 2 heterocycles. The molecule has 1 aromatic carbocycles. The fourth-order valence-electron chi connectivity index (χ4n) is 1.86. The van der Waals surface area contributed by atoms with Crippen LogP contribution in [-0.2, 0) is 10.0 Å².